The van der Waals surface area contributed by atoms with Gasteiger partial charge in [-0.05, 0) is 19.3 Å². The van der Waals surface area contributed by atoms with Crippen LogP contribution in [0.15, 0.2) is 10.6 Å². The van der Waals surface area contributed by atoms with Crippen molar-refractivity contribution >= 4 is 21.8 Å². The van der Waals surface area contributed by atoms with Crippen molar-refractivity contribution in [3.8, 4) is 0 Å². The number of amides is 2. The highest BCUT2D eigenvalue weighted by Gasteiger charge is 2.53. The molecule has 9 nitrogen and oxygen atoms in total. The van der Waals surface area contributed by atoms with Crippen LogP contribution in [-0.4, -0.2) is 73.1 Å². The predicted molar refractivity (Wildman–Crippen MR) is 83.6 cm³/mol. The molecule has 1 aromatic rings. The lowest BCUT2D eigenvalue weighted by molar-refractivity contribution is -0.124. The molecule has 0 unspecified atom stereocenters. The summed E-state index contributed by atoms with van der Waals surface area (Å²) in [6.45, 7) is 2.34. The van der Waals surface area contributed by atoms with Gasteiger partial charge in [-0.3, -0.25) is 9.59 Å². The van der Waals surface area contributed by atoms with Crippen LogP contribution in [0.1, 0.15) is 22.7 Å². The summed E-state index contributed by atoms with van der Waals surface area (Å²) in [5.41, 5.74) is 0.209. The standard InChI is InChI=1S/C14H20N4O5S/c1-8-4-10(16-23-8)14(20)17-6-9-5-11(13(19)15-2)18(12(9)7-17)24(3,21)22/h4,9,11-12H,5-7H2,1-3H3,(H,15,19)/t9-,11-,12+/m1/s1. The van der Waals surface area contributed by atoms with Gasteiger partial charge in [-0.25, -0.2) is 8.42 Å². The van der Waals surface area contributed by atoms with Gasteiger partial charge in [-0.15, -0.1) is 0 Å². The Kier molecular flexibility index (Phi) is 4.12. The van der Waals surface area contributed by atoms with E-state index in [9.17, 15) is 18.0 Å². The molecular formula is C14H20N4O5S. The van der Waals surface area contributed by atoms with Crippen LogP contribution in [0.25, 0.3) is 0 Å². The Balaban J connectivity index is 1.82. The average molecular weight is 356 g/mol. The summed E-state index contributed by atoms with van der Waals surface area (Å²) in [5.74, 6) is -0.139. The third kappa shape index (κ3) is 2.80. The van der Waals surface area contributed by atoms with Crippen LogP contribution in [0, 0.1) is 12.8 Å². The fraction of sp³-hybridized carbons (Fsp3) is 0.643. The van der Waals surface area contributed by atoms with E-state index in [2.05, 4.69) is 10.5 Å². The summed E-state index contributed by atoms with van der Waals surface area (Å²) >= 11 is 0. The van der Waals surface area contributed by atoms with Crippen LogP contribution in [0.4, 0.5) is 0 Å². The number of likely N-dealkylation sites (tertiary alicyclic amines) is 1. The molecular weight excluding hydrogens is 336 g/mol. The number of aromatic nitrogens is 1. The van der Waals surface area contributed by atoms with Gasteiger partial charge in [0.05, 0.1) is 6.26 Å². The second-order valence-electron chi connectivity index (χ2n) is 6.32. The summed E-state index contributed by atoms with van der Waals surface area (Å²) in [7, 11) is -2.08. The molecule has 0 aliphatic carbocycles. The molecule has 0 radical (unpaired) electrons. The lowest BCUT2D eigenvalue weighted by Gasteiger charge is -2.27. The van der Waals surface area contributed by atoms with Crippen LogP contribution in [-0.2, 0) is 14.8 Å². The highest BCUT2D eigenvalue weighted by Crippen LogP contribution is 2.37. The van der Waals surface area contributed by atoms with E-state index in [1.807, 2.05) is 0 Å². The molecule has 3 rings (SSSR count). The first-order chi connectivity index (χ1) is 11.2. The molecule has 1 N–H and O–H groups in total. The third-order valence-electron chi connectivity index (χ3n) is 4.63. The molecule has 2 aliphatic heterocycles. The van der Waals surface area contributed by atoms with Gasteiger partial charge >= 0.3 is 0 Å². The van der Waals surface area contributed by atoms with Crippen molar-refractivity contribution in [1.82, 2.24) is 19.7 Å². The molecule has 2 aliphatic rings. The minimum Gasteiger partial charge on any atom is -0.361 e. The number of hydrogen-bond acceptors (Lipinski definition) is 6. The minimum absolute atomic E-state index is 0.0704. The predicted octanol–water partition coefficient (Wildman–Crippen LogP) is -0.796. The molecule has 132 valence electrons. The zero-order valence-electron chi connectivity index (χ0n) is 13.7. The van der Waals surface area contributed by atoms with Crippen LogP contribution < -0.4 is 5.32 Å². The highest BCUT2D eigenvalue weighted by molar-refractivity contribution is 7.88. The van der Waals surface area contributed by atoms with Gasteiger partial charge in [-0.2, -0.15) is 4.31 Å². The number of nitrogens with one attached hydrogen (secondary N) is 1. The number of rotatable bonds is 3. The van der Waals surface area contributed by atoms with Crippen molar-refractivity contribution in [3.63, 3.8) is 0 Å². The maximum atomic E-state index is 12.5. The van der Waals surface area contributed by atoms with Crippen molar-refractivity contribution in [2.45, 2.75) is 25.4 Å². The molecule has 2 fully saturated rings. The normalized spacial score (nSPS) is 27.3. The fourth-order valence-corrected chi connectivity index (χ4v) is 5.03. The number of carbonyl (C=O) groups excluding carboxylic acids is 2. The van der Waals surface area contributed by atoms with Crippen molar-refractivity contribution in [1.29, 1.82) is 0 Å². The summed E-state index contributed by atoms with van der Waals surface area (Å²) in [5, 5.41) is 6.23. The summed E-state index contributed by atoms with van der Waals surface area (Å²) in [6, 6.07) is 0.448. The van der Waals surface area contributed by atoms with Crippen molar-refractivity contribution < 1.29 is 22.5 Å². The molecule has 0 spiro atoms. The SMILES string of the molecule is CNC(=O)[C@H]1C[C@@H]2CN(C(=O)c3cc(C)on3)C[C@@H]2N1S(C)(=O)=O. The molecule has 0 bridgehead atoms. The fourth-order valence-electron chi connectivity index (χ4n) is 3.66. The zero-order chi connectivity index (χ0) is 17.6. The van der Waals surface area contributed by atoms with E-state index in [1.54, 1.807) is 17.9 Å². The van der Waals surface area contributed by atoms with Crippen LogP contribution >= 0.6 is 0 Å². The Bertz CT molecular complexity index is 774. The molecule has 3 heterocycles. The van der Waals surface area contributed by atoms with Crippen LogP contribution in [0.5, 0.6) is 0 Å². The van der Waals surface area contributed by atoms with Gasteiger partial charge in [-0.1, -0.05) is 5.16 Å². The van der Waals surface area contributed by atoms with Gasteiger partial charge in [0.15, 0.2) is 5.69 Å². The van der Waals surface area contributed by atoms with E-state index in [4.69, 9.17) is 4.52 Å². The summed E-state index contributed by atoms with van der Waals surface area (Å²) in [4.78, 5) is 26.1. The zero-order valence-corrected chi connectivity index (χ0v) is 14.5. The smallest absolute Gasteiger partial charge is 0.276 e. The maximum Gasteiger partial charge on any atom is 0.276 e. The summed E-state index contributed by atoms with van der Waals surface area (Å²) in [6.07, 6.45) is 1.50. The average Bonchev–Trinajstić information content (AvgIpc) is 3.17. The Labute approximate surface area is 140 Å². The van der Waals surface area contributed by atoms with E-state index in [0.29, 0.717) is 18.7 Å². The van der Waals surface area contributed by atoms with E-state index < -0.39 is 16.1 Å². The molecule has 3 atom stereocenters. The van der Waals surface area contributed by atoms with E-state index >= 15 is 0 Å². The number of nitrogens with zero attached hydrogens (tertiary/aromatic N) is 3. The maximum absolute atomic E-state index is 12.5. The second kappa shape index (κ2) is 5.85. The van der Waals surface area contributed by atoms with E-state index in [0.717, 1.165) is 6.26 Å². The van der Waals surface area contributed by atoms with E-state index in [-0.39, 0.29) is 36.0 Å². The van der Waals surface area contributed by atoms with Gasteiger partial charge in [0, 0.05) is 32.2 Å². The lowest BCUT2D eigenvalue weighted by Crippen LogP contribution is -2.49. The van der Waals surface area contributed by atoms with Crippen LogP contribution in [0.3, 0.4) is 0 Å². The number of sulfonamides is 1. The van der Waals surface area contributed by atoms with Gasteiger partial charge in [0.25, 0.3) is 5.91 Å². The molecule has 2 amide bonds. The summed E-state index contributed by atoms with van der Waals surface area (Å²) < 4.78 is 30.5. The number of aryl methyl sites for hydroxylation is 1. The second-order valence-corrected chi connectivity index (χ2v) is 8.21. The number of likely N-dealkylation sites (N-methyl/N-ethyl adjacent to an activating group) is 1. The van der Waals surface area contributed by atoms with Crippen molar-refractivity contribution in [3.05, 3.63) is 17.5 Å². The minimum atomic E-state index is -3.57. The molecule has 10 heteroatoms. The van der Waals surface area contributed by atoms with Crippen LogP contribution in [0.2, 0.25) is 0 Å². The highest BCUT2D eigenvalue weighted by atomic mass is 32.2. The van der Waals surface area contributed by atoms with Crippen molar-refractivity contribution in [2.75, 3.05) is 26.4 Å². The first-order valence-electron chi connectivity index (χ1n) is 7.65. The van der Waals surface area contributed by atoms with E-state index in [1.165, 1.54) is 11.4 Å². The monoisotopic (exact) mass is 356 g/mol. The number of fused-ring (bicyclic) bond motifs is 1. The Morgan fingerprint density at radius 1 is 1.38 bits per heavy atom. The van der Waals surface area contributed by atoms with Crippen molar-refractivity contribution in [2.24, 2.45) is 5.92 Å². The molecule has 24 heavy (non-hydrogen) atoms. The molecule has 0 saturated carbocycles. The Morgan fingerprint density at radius 2 is 2.08 bits per heavy atom. The lowest BCUT2D eigenvalue weighted by atomic mass is 10.0. The molecule has 1 aromatic heterocycles. The van der Waals surface area contributed by atoms with Gasteiger partial charge in [0.1, 0.15) is 11.8 Å². The Morgan fingerprint density at radius 3 is 2.62 bits per heavy atom. The Hall–Kier alpha value is -1.94. The van der Waals surface area contributed by atoms with Gasteiger partial charge in [0.2, 0.25) is 15.9 Å². The van der Waals surface area contributed by atoms with Gasteiger partial charge < -0.3 is 14.7 Å². The first-order valence-corrected chi connectivity index (χ1v) is 9.50. The number of hydrogen-bond donors (Lipinski definition) is 1. The molecule has 2 saturated heterocycles. The topological polar surface area (TPSA) is 113 Å². The molecule has 0 aromatic carbocycles. The number of carbonyl (C=O) groups is 2. The largest absolute Gasteiger partial charge is 0.361 e. The quantitative estimate of drug-likeness (QED) is 0.759. The third-order valence-corrected chi connectivity index (χ3v) is 5.92. The first kappa shape index (κ1) is 16.9.